The smallest absolute Gasteiger partial charge is 0.374 e. The van der Waals surface area contributed by atoms with Crippen molar-refractivity contribution in [3.05, 3.63) is 53.4 Å². The van der Waals surface area contributed by atoms with E-state index in [1.54, 1.807) is 7.05 Å². The maximum absolute atomic E-state index is 12.0. The molecule has 2 aromatic rings. The number of nitrogens with zero attached hydrogens (tertiary/aromatic N) is 2. The van der Waals surface area contributed by atoms with Crippen LogP contribution in [-0.2, 0) is 6.42 Å². The third-order valence-corrected chi connectivity index (χ3v) is 2.87. The number of benzene rings is 1. The van der Waals surface area contributed by atoms with Gasteiger partial charge in [-0.05, 0) is 12.0 Å². The molecule has 0 atom stereocenters. The molecular weight excluding hydrogens is 260 g/mol. The van der Waals surface area contributed by atoms with Gasteiger partial charge in [-0.1, -0.05) is 35.5 Å². The Morgan fingerprint density at radius 3 is 2.60 bits per heavy atom. The molecule has 0 saturated heterocycles. The summed E-state index contributed by atoms with van der Waals surface area (Å²) in [7, 11) is 1.64. The van der Waals surface area contributed by atoms with Crippen LogP contribution < -0.4 is 0 Å². The molecule has 0 aliphatic rings. The zero-order valence-electron chi connectivity index (χ0n) is 10.9. The summed E-state index contributed by atoms with van der Waals surface area (Å²) in [5.74, 6) is -1.95. The van der Waals surface area contributed by atoms with Gasteiger partial charge in [-0.25, -0.2) is 4.79 Å². The number of aromatic carboxylic acids is 1. The molecule has 0 unspecified atom stereocenters. The number of rotatable bonds is 5. The fourth-order valence-corrected chi connectivity index (χ4v) is 1.72. The lowest BCUT2D eigenvalue weighted by Crippen LogP contribution is -2.29. The number of carboxylic acid groups (broad SMARTS) is 1. The van der Waals surface area contributed by atoms with E-state index >= 15 is 0 Å². The van der Waals surface area contributed by atoms with Gasteiger partial charge >= 0.3 is 5.97 Å². The summed E-state index contributed by atoms with van der Waals surface area (Å²) in [5, 5.41) is 12.2. The number of carbonyl (C=O) groups is 2. The van der Waals surface area contributed by atoms with Crippen LogP contribution in [0.25, 0.3) is 0 Å². The molecule has 0 spiro atoms. The first kappa shape index (κ1) is 13.8. The fraction of sp³-hybridized carbons (Fsp3) is 0.214. The second-order valence-electron chi connectivity index (χ2n) is 4.34. The standard InChI is InChI=1S/C14H14N2O4/c1-16(8-7-10-5-3-2-4-6-10)13(17)11-9-12(14(18)19)20-15-11/h2-6,9H,7-8H2,1H3,(H,18,19). The van der Waals surface area contributed by atoms with E-state index in [1.165, 1.54) is 4.90 Å². The first-order valence-corrected chi connectivity index (χ1v) is 6.07. The van der Waals surface area contributed by atoms with E-state index in [4.69, 9.17) is 5.11 Å². The minimum absolute atomic E-state index is 0.00189. The maximum atomic E-state index is 12.0. The second kappa shape index (κ2) is 6.01. The summed E-state index contributed by atoms with van der Waals surface area (Å²) in [4.78, 5) is 24.2. The Bertz CT molecular complexity index is 607. The van der Waals surface area contributed by atoms with Crippen molar-refractivity contribution < 1.29 is 19.2 Å². The van der Waals surface area contributed by atoms with E-state index in [2.05, 4.69) is 9.68 Å². The van der Waals surface area contributed by atoms with Crippen molar-refractivity contribution in [2.75, 3.05) is 13.6 Å². The van der Waals surface area contributed by atoms with E-state index < -0.39 is 5.97 Å². The molecule has 6 heteroatoms. The van der Waals surface area contributed by atoms with Crippen LogP contribution in [0.1, 0.15) is 26.6 Å². The lowest BCUT2D eigenvalue weighted by Gasteiger charge is -2.15. The van der Waals surface area contributed by atoms with Gasteiger partial charge in [0.25, 0.3) is 5.91 Å². The van der Waals surface area contributed by atoms with E-state index in [0.717, 1.165) is 11.6 Å². The Kier molecular flexibility index (Phi) is 4.14. The number of amides is 1. The summed E-state index contributed by atoms with van der Waals surface area (Å²) in [6.45, 7) is 0.512. The molecule has 0 radical (unpaired) electrons. The van der Waals surface area contributed by atoms with Crippen LogP contribution >= 0.6 is 0 Å². The third kappa shape index (κ3) is 3.23. The predicted octanol–water partition coefficient (Wildman–Crippen LogP) is 1.69. The summed E-state index contributed by atoms with van der Waals surface area (Å²) in [6, 6.07) is 10.9. The molecule has 1 aromatic heterocycles. The minimum Gasteiger partial charge on any atom is -0.475 e. The molecule has 1 N–H and O–H groups in total. The Morgan fingerprint density at radius 1 is 1.30 bits per heavy atom. The number of carbonyl (C=O) groups excluding carboxylic acids is 1. The highest BCUT2D eigenvalue weighted by Crippen LogP contribution is 2.07. The Morgan fingerprint density at radius 2 is 2.00 bits per heavy atom. The largest absolute Gasteiger partial charge is 0.475 e. The molecule has 0 fully saturated rings. The van der Waals surface area contributed by atoms with Crippen LogP contribution in [0.5, 0.6) is 0 Å². The molecule has 1 amide bonds. The van der Waals surface area contributed by atoms with Crippen LogP contribution in [0.3, 0.4) is 0 Å². The average Bonchev–Trinajstić information content (AvgIpc) is 2.95. The second-order valence-corrected chi connectivity index (χ2v) is 4.34. The van der Waals surface area contributed by atoms with Crippen LogP contribution in [-0.4, -0.2) is 40.6 Å². The number of aromatic nitrogens is 1. The molecule has 104 valence electrons. The zero-order valence-corrected chi connectivity index (χ0v) is 10.9. The number of likely N-dealkylation sites (N-methyl/N-ethyl adjacent to an activating group) is 1. The van der Waals surface area contributed by atoms with Gasteiger partial charge in [-0.3, -0.25) is 4.79 Å². The molecule has 0 aliphatic carbocycles. The molecule has 20 heavy (non-hydrogen) atoms. The van der Waals surface area contributed by atoms with Crippen LogP contribution in [0.4, 0.5) is 0 Å². The van der Waals surface area contributed by atoms with Gasteiger partial charge in [0.1, 0.15) is 0 Å². The molecule has 0 aliphatic heterocycles. The van der Waals surface area contributed by atoms with E-state index in [-0.39, 0.29) is 17.4 Å². The van der Waals surface area contributed by atoms with E-state index in [9.17, 15) is 9.59 Å². The van der Waals surface area contributed by atoms with Gasteiger partial charge in [0.2, 0.25) is 5.76 Å². The molecule has 0 saturated carbocycles. The predicted molar refractivity (Wildman–Crippen MR) is 70.6 cm³/mol. The molecule has 1 aromatic carbocycles. The van der Waals surface area contributed by atoms with Gasteiger partial charge in [-0.2, -0.15) is 0 Å². The number of hydrogen-bond acceptors (Lipinski definition) is 4. The Hall–Kier alpha value is -2.63. The van der Waals surface area contributed by atoms with Crippen LogP contribution in [0.15, 0.2) is 40.9 Å². The quantitative estimate of drug-likeness (QED) is 0.896. The van der Waals surface area contributed by atoms with Crippen molar-refractivity contribution in [1.29, 1.82) is 0 Å². The van der Waals surface area contributed by atoms with Crippen molar-refractivity contribution >= 4 is 11.9 Å². The van der Waals surface area contributed by atoms with E-state index in [1.807, 2.05) is 30.3 Å². The highest BCUT2D eigenvalue weighted by molar-refractivity contribution is 5.94. The molecule has 1 heterocycles. The SMILES string of the molecule is CN(CCc1ccccc1)C(=O)c1cc(C(=O)O)on1. The highest BCUT2D eigenvalue weighted by Gasteiger charge is 2.19. The first-order chi connectivity index (χ1) is 9.58. The van der Waals surface area contributed by atoms with Gasteiger partial charge in [-0.15, -0.1) is 0 Å². The van der Waals surface area contributed by atoms with Crippen molar-refractivity contribution in [1.82, 2.24) is 10.1 Å². The first-order valence-electron chi connectivity index (χ1n) is 6.07. The maximum Gasteiger partial charge on any atom is 0.374 e. The normalized spacial score (nSPS) is 10.2. The van der Waals surface area contributed by atoms with E-state index in [0.29, 0.717) is 13.0 Å². The molecule has 0 bridgehead atoms. The van der Waals surface area contributed by atoms with Gasteiger partial charge in [0, 0.05) is 19.7 Å². The number of carboxylic acids is 1. The minimum atomic E-state index is -1.25. The molecular formula is C14H14N2O4. The Labute approximate surface area is 115 Å². The summed E-state index contributed by atoms with van der Waals surface area (Å²) < 4.78 is 4.56. The molecule has 6 nitrogen and oxygen atoms in total. The highest BCUT2D eigenvalue weighted by atomic mass is 16.5. The summed E-state index contributed by atoms with van der Waals surface area (Å²) in [6.07, 6.45) is 0.715. The lowest BCUT2D eigenvalue weighted by molar-refractivity contribution is 0.0649. The third-order valence-electron chi connectivity index (χ3n) is 2.87. The topological polar surface area (TPSA) is 83.6 Å². The number of hydrogen-bond donors (Lipinski definition) is 1. The molecule has 2 rings (SSSR count). The average molecular weight is 274 g/mol. The van der Waals surface area contributed by atoms with Crippen LogP contribution in [0, 0.1) is 0 Å². The monoisotopic (exact) mass is 274 g/mol. The van der Waals surface area contributed by atoms with Crippen molar-refractivity contribution in [2.24, 2.45) is 0 Å². The van der Waals surface area contributed by atoms with Crippen molar-refractivity contribution in [2.45, 2.75) is 6.42 Å². The lowest BCUT2D eigenvalue weighted by atomic mass is 10.1. The van der Waals surface area contributed by atoms with Crippen molar-refractivity contribution in [3.63, 3.8) is 0 Å². The van der Waals surface area contributed by atoms with Crippen molar-refractivity contribution in [3.8, 4) is 0 Å². The summed E-state index contributed by atoms with van der Waals surface area (Å²) >= 11 is 0. The summed E-state index contributed by atoms with van der Waals surface area (Å²) in [5.41, 5.74) is 1.12. The Balaban J connectivity index is 1.96. The van der Waals surface area contributed by atoms with Gasteiger partial charge in [0.05, 0.1) is 0 Å². The van der Waals surface area contributed by atoms with Gasteiger partial charge < -0.3 is 14.5 Å². The fourth-order valence-electron chi connectivity index (χ4n) is 1.72. The zero-order chi connectivity index (χ0) is 14.5. The van der Waals surface area contributed by atoms with Gasteiger partial charge in [0.15, 0.2) is 5.69 Å². The van der Waals surface area contributed by atoms with Crippen LogP contribution in [0.2, 0.25) is 0 Å².